The fourth-order valence-corrected chi connectivity index (χ4v) is 5.00. The van der Waals surface area contributed by atoms with E-state index in [-0.39, 0.29) is 41.5 Å². The van der Waals surface area contributed by atoms with Gasteiger partial charge < -0.3 is 14.7 Å². The molecule has 46 heavy (non-hydrogen) atoms. The molecule has 0 saturated carbocycles. The van der Waals surface area contributed by atoms with Gasteiger partial charge in [-0.2, -0.15) is 10.5 Å². The van der Waals surface area contributed by atoms with Gasteiger partial charge in [-0.05, 0) is 49.4 Å². The molecule has 13 nitrogen and oxygen atoms in total. The monoisotopic (exact) mass is 662 g/mol. The van der Waals surface area contributed by atoms with Crippen molar-refractivity contribution in [3.8, 4) is 12.1 Å². The summed E-state index contributed by atoms with van der Waals surface area (Å²) in [6.07, 6.45) is -4.84. The molecule has 0 spiro atoms. The number of aromatic nitrogens is 2. The first kappa shape index (κ1) is 34.9. The molecule has 240 valence electrons. The molecule has 0 aliphatic carbocycles. The zero-order chi connectivity index (χ0) is 34.2. The van der Waals surface area contributed by atoms with Crippen LogP contribution in [0.4, 0.5) is 23.4 Å². The number of rotatable bonds is 9. The number of aromatic carboxylic acids is 1. The van der Waals surface area contributed by atoms with Crippen molar-refractivity contribution in [1.29, 1.82) is 10.5 Å². The van der Waals surface area contributed by atoms with Gasteiger partial charge in [0.25, 0.3) is 22.9 Å². The van der Waals surface area contributed by atoms with Crippen LogP contribution in [0.5, 0.6) is 0 Å². The summed E-state index contributed by atoms with van der Waals surface area (Å²) in [6.45, 7) is 1.27. The van der Waals surface area contributed by atoms with Crippen LogP contribution in [0.2, 0.25) is 0 Å². The summed E-state index contributed by atoms with van der Waals surface area (Å²) in [5, 5.41) is 26.6. The number of carboxylic acid groups (broad SMARTS) is 1. The Hall–Kier alpha value is -5.62. The van der Waals surface area contributed by atoms with E-state index in [1.807, 2.05) is 10.8 Å². The normalized spacial score (nSPS) is 12.7. The molecule has 2 N–H and O–H groups in total. The number of nitriles is 2. The number of esters is 1. The van der Waals surface area contributed by atoms with E-state index >= 15 is 0 Å². The number of hydrogen-bond donors (Lipinski definition) is 2. The number of alkyl halides is 4. The largest absolute Gasteiger partial charge is 0.478 e. The SMILES string of the molecule is CCOC(=O)c1cc(C#N)c(N2CC(C(=O)NS(=O)(=O)c3ccc(C#N)cc3)C2)nc1C(F)F.O=C(O)c1cccnc1C(F)F. The van der Waals surface area contributed by atoms with E-state index in [2.05, 4.69) is 9.97 Å². The summed E-state index contributed by atoms with van der Waals surface area (Å²) in [5.41, 5.74) is -2.45. The first-order valence-electron chi connectivity index (χ1n) is 12.9. The van der Waals surface area contributed by atoms with Gasteiger partial charge in [-0.15, -0.1) is 0 Å². The highest BCUT2D eigenvalue weighted by atomic mass is 32.2. The Morgan fingerprint density at radius 3 is 2.17 bits per heavy atom. The van der Waals surface area contributed by atoms with Crippen LogP contribution in [-0.4, -0.2) is 61.0 Å². The molecule has 3 heterocycles. The average molecular weight is 663 g/mol. The third-order valence-electron chi connectivity index (χ3n) is 6.21. The maximum Gasteiger partial charge on any atom is 0.340 e. The molecule has 1 saturated heterocycles. The Bertz CT molecular complexity index is 1820. The van der Waals surface area contributed by atoms with Crippen molar-refractivity contribution in [3.05, 3.63) is 82.3 Å². The van der Waals surface area contributed by atoms with Crippen LogP contribution in [0.1, 0.15) is 63.0 Å². The number of carboxylic acids is 1. The van der Waals surface area contributed by atoms with Gasteiger partial charge in [0, 0.05) is 19.3 Å². The maximum absolute atomic E-state index is 13.5. The van der Waals surface area contributed by atoms with Crippen LogP contribution < -0.4 is 9.62 Å². The van der Waals surface area contributed by atoms with Crippen molar-refractivity contribution in [2.75, 3.05) is 24.6 Å². The molecule has 18 heteroatoms. The Morgan fingerprint density at radius 2 is 1.67 bits per heavy atom. The lowest BCUT2D eigenvalue weighted by Gasteiger charge is -2.39. The number of carbonyl (C=O) groups excluding carboxylic acids is 2. The molecule has 0 unspecified atom stereocenters. The van der Waals surface area contributed by atoms with E-state index in [0.29, 0.717) is 0 Å². The highest BCUT2D eigenvalue weighted by Gasteiger charge is 2.38. The van der Waals surface area contributed by atoms with Crippen LogP contribution in [0, 0.1) is 28.6 Å². The molecule has 3 aromatic rings. The maximum atomic E-state index is 13.5. The van der Waals surface area contributed by atoms with Crippen LogP contribution in [0.15, 0.2) is 53.6 Å². The summed E-state index contributed by atoms with van der Waals surface area (Å²) in [5.74, 6) is -4.22. The minimum atomic E-state index is -4.19. The van der Waals surface area contributed by atoms with Crippen molar-refractivity contribution >= 4 is 33.7 Å². The minimum Gasteiger partial charge on any atom is -0.478 e. The number of sulfonamides is 1. The molecular weight excluding hydrogens is 640 g/mol. The van der Waals surface area contributed by atoms with Crippen LogP contribution in [0.3, 0.4) is 0 Å². The summed E-state index contributed by atoms with van der Waals surface area (Å²) in [6, 6.07) is 11.9. The number of benzene rings is 1. The number of hydrogen-bond acceptors (Lipinski definition) is 11. The van der Waals surface area contributed by atoms with Crippen molar-refractivity contribution in [3.63, 3.8) is 0 Å². The smallest absolute Gasteiger partial charge is 0.340 e. The van der Waals surface area contributed by atoms with Crippen molar-refractivity contribution < 1.29 is 50.2 Å². The van der Waals surface area contributed by atoms with Gasteiger partial charge in [0.15, 0.2) is 0 Å². The average Bonchev–Trinajstić information content (AvgIpc) is 3.00. The third-order valence-corrected chi connectivity index (χ3v) is 7.57. The highest BCUT2D eigenvalue weighted by Crippen LogP contribution is 2.32. The molecule has 0 bridgehead atoms. The van der Waals surface area contributed by atoms with Crippen LogP contribution in [0.25, 0.3) is 0 Å². The van der Waals surface area contributed by atoms with Gasteiger partial charge >= 0.3 is 11.9 Å². The lowest BCUT2D eigenvalue weighted by molar-refractivity contribution is -0.123. The summed E-state index contributed by atoms with van der Waals surface area (Å²) >= 11 is 0. The quantitative estimate of drug-likeness (QED) is 0.249. The molecule has 1 aliphatic rings. The number of nitrogens with one attached hydrogen (secondary N) is 1. The molecule has 1 fully saturated rings. The lowest BCUT2D eigenvalue weighted by atomic mass is 9.98. The Kier molecular flexibility index (Phi) is 11.3. The minimum absolute atomic E-state index is 0.0561. The van der Waals surface area contributed by atoms with Crippen molar-refractivity contribution in [2.24, 2.45) is 5.92 Å². The number of halogens is 4. The van der Waals surface area contributed by atoms with Gasteiger partial charge in [0.1, 0.15) is 23.3 Å². The Labute approximate surface area is 258 Å². The molecule has 4 rings (SSSR count). The molecule has 1 aliphatic heterocycles. The zero-order valence-corrected chi connectivity index (χ0v) is 24.3. The van der Waals surface area contributed by atoms with Crippen molar-refractivity contribution in [2.45, 2.75) is 24.7 Å². The summed E-state index contributed by atoms with van der Waals surface area (Å²) < 4.78 is 82.6. The predicted molar refractivity (Wildman–Crippen MR) is 148 cm³/mol. The van der Waals surface area contributed by atoms with Crippen LogP contribution in [-0.2, 0) is 19.6 Å². The molecule has 2 aromatic heterocycles. The molecular formula is C28H22F4N6O7S. The van der Waals surface area contributed by atoms with Gasteiger partial charge in [-0.3, -0.25) is 9.78 Å². The highest BCUT2D eigenvalue weighted by molar-refractivity contribution is 7.90. The van der Waals surface area contributed by atoms with Crippen LogP contribution >= 0.6 is 0 Å². The topological polar surface area (TPSA) is 203 Å². The van der Waals surface area contributed by atoms with Gasteiger partial charge in [0.2, 0.25) is 5.91 Å². The summed E-state index contributed by atoms with van der Waals surface area (Å²) in [7, 11) is -4.19. The lowest BCUT2D eigenvalue weighted by Crippen LogP contribution is -2.55. The third kappa shape index (κ3) is 8.10. The number of pyridine rings is 2. The fraction of sp³-hybridized carbons (Fsp3) is 0.250. The van der Waals surface area contributed by atoms with Crippen molar-refractivity contribution in [1.82, 2.24) is 14.7 Å². The second-order valence-electron chi connectivity index (χ2n) is 9.18. The number of anilines is 1. The summed E-state index contributed by atoms with van der Waals surface area (Å²) in [4.78, 5) is 43.0. The Morgan fingerprint density at radius 1 is 1.04 bits per heavy atom. The number of carbonyl (C=O) groups is 3. The number of amides is 1. The second kappa shape index (κ2) is 14.9. The molecule has 1 amide bonds. The zero-order valence-electron chi connectivity index (χ0n) is 23.5. The standard InChI is InChI=1S/C21H17F2N5O5S.C7H5F2NO2/c1-2-33-21(30)16-7-13(9-25)19(26-17(16)18(22)23)28-10-14(11-28)20(29)27-34(31,32)15-5-3-12(8-24)4-6-15;8-6(9)5-4(7(11)12)2-1-3-10-5/h3-7,14,18H,2,10-11H2,1H3,(H,27,29);1-3,6H,(H,11,12). The van der Waals surface area contributed by atoms with E-state index in [9.17, 15) is 45.6 Å². The fourth-order valence-electron chi connectivity index (χ4n) is 3.95. The first-order valence-corrected chi connectivity index (χ1v) is 14.4. The molecule has 0 radical (unpaired) electrons. The van der Waals surface area contributed by atoms with E-state index < -0.39 is 69.2 Å². The number of ether oxygens (including phenoxy) is 1. The van der Waals surface area contributed by atoms with E-state index in [0.717, 1.165) is 18.3 Å². The van der Waals surface area contributed by atoms with Gasteiger partial charge in [0.05, 0.1) is 45.7 Å². The Balaban J connectivity index is 0.000000402. The van der Waals surface area contributed by atoms with E-state index in [4.69, 9.17) is 15.1 Å². The number of nitrogens with zero attached hydrogens (tertiary/aromatic N) is 5. The van der Waals surface area contributed by atoms with E-state index in [1.165, 1.54) is 42.2 Å². The van der Waals surface area contributed by atoms with Gasteiger partial charge in [-0.1, -0.05) is 0 Å². The predicted octanol–water partition coefficient (Wildman–Crippen LogP) is 3.60. The van der Waals surface area contributed by atoms with Gasteiger partial charge in [-0.25, -0.2) is 45.3 Å². The first-order chi connectivity index (χ1) is 21.7. The molecule has 0 atom stereocenters. The van der Waals surface area contributed by atoms with E-state index in [1.54, 1.807) is 6.07 Å². The molecule has 1 aromatic carbocycles. The second-order valence-corrected chi connectivity index (χ2v) is 10.9.